The maximum Gasteiger partial charge on any atom is 0.407 e. The molecule has 0 fully saturated rings. The molecule has 0 bridgehead atoms. The van der Waals surface area contributed by atoms with Gasteiger partial charge in [-0.1, -0.05) is 15.9 Å². The molecule has 26 heavy (non-hydrogen) atoms. The molecule has 1 aromatic rings. The van der Waals surface area contributed by atoms with Gasteiger partial charge in [-0.05, 0) is 55.3 Å². The molecule has 4 nitrogen and oxygen atoms in total. The van der Waals surface area contributed by atoms with Crippen molar-refractivity contribution < 1.29 is 27.8 Å². The van der Waals surface area contributed by atoms with Gasteiger partial charge in [-0.2, -0.15) is 0 Å². The highest BCUT2D eigenvalue weighted by Crippen LogP contribution is 2.40. The molecule has 0 saturated carbocycles. The lowest BCUT2D eigenvalue weighted by Crippen LogP contribution is -2.44. The van der Waals surface area contributed by atoms with E-state index in [2.05, 4.69) is 21.2 Å². The van der Waals surface area contributed by atoms with Crippen LogP contribution in [0.1, 0.15) is 45.1 Å². The molecule has 1 amide bonds. The summed E-state index contributed by atoms with van der Waals surface area (Å²) in [5.74, 6) is -3.98. The van der Waals surface area contributed by atoms with Gasteiger partial charge in [0.05, 0.1) is 6.61 Å². The summed E-state index contributed by atoms with van der Waals surface area (Å²) >= 11 is 3.34. The summed E-state index contributed by atoms with van der Waals surface area (Å²) in [5, 5.41) is 12.1. The zero-order chi connectivity index (χ0) is 19.6. The second-order valence-corrected chi connectivity index (χ2v) is 8.18. The van der Waals surface area contributed by atoms with Crippen molar-refractivity contribution in [1.82, 2.24) is 5.32 Å². The maximum absolute atomic E-state index is 14.3. The number of carbonyl (C=O) groups is 1. The molecule has 0 heterocycles. The Morgan fingerprint density at radius 2 is 1.85 bits per heavy atom. The van der Waals surface area contributed by atoms with E-state index in [4.69, 9.17) is 4.74 Å². The summed E-state index contributed by atoms with van der Waals surface area (Å²) < 4.78 is 47.1. The van der Waals surface area contributed by atoms with Crippen LogP contribution in [0.15, 0.2) is 22.2 Å². The number of amides is 1. The van der Waals surface area contributed by atoms with E-state index < -0.39 is 41.1 Å². The first-order chi connectivity index (χ1) is 12.0. The highest BCUT2D eigenvalue weighted by molar-refractivity contribution is 9.11. The second kappa shape index (κ2) is 8.00. The van der Waals surface area contributed by atoms with E-state index in [-0.39, 0.29) is 25.0 Å². The zero-order valence-corrected chi connectivity index (χ0v) is 16.3. The van der Waals surface area contributed by atoms with Crippen LogP contribution >= 0.6 is 15.9 Å². The van der Waals surface area contributed by atoms with E-state index in [9.17, 15) is 23.1 Å². The van der Waals surface area contributed by atoms with Crippen molar-refractivity contribution in [2.24, 2.45) is 0 Å². The van der Waals surface area contributed by atoms with Crippen LogP contribution in [0.5, 0.6) is 0 Å². The van der Waals surface area contributed by atoms with Crippen LogP contribution in [0.2, 0.25) is 0 Å². The van der Waals surface area contributed by atoms with Crippen LogP contribution in [-0.4, -0.2) is 29.4 Å². The molecular formula is C18H21BrF3NO3. The van der Waals surface area contributed by atoms with Gasteiger partial charge in [0.15, 0.2) is 11.6 Å². The fourth-order valence-electron chi connectivity index (χ4n) is 2.91. The molecule has 2 rings (SSSR count). The predicted octanol–water partition coefficient (Wildman–Crippen LogP) is 4.52. The minimum atomic E-state index is -1.27. The van der Waals surface area contributed by atoms with Crippen LogP contribution in [0.4, 0.5) is 18.0 Å². The number of carbonyl (C=O) groups excluding carboxylic acids is 1. The Morgan fingerprint density at radius 3 is 2.42 bits per heavy atom. The van der Waals surface area contributed by atoms with E-state index in [0.717, 1.165) is 6.07 Å². The zero-order valence-electron chi connectivity index (χ0n) is 14.7. The average Bonchev–Trinajstić information content (AvgIpc) is 2.50. The van der Waals surface area contributed by atoms with Crippen LogP contribution in [0, 0.1) is 17.5 Å². The largest absolute Gasteiger partial charge is 0.444 e. The van der Waals surface area contributed by atoms with Crippen LogP contribution < -0.4 is 5.32 Å². The van der Waals surface area contributed by atoms with Crippen molar-refractivity contribution in [3.8, 4) is 0 Å². The van der Waals surface area contributed by atoms with Crippen molar-refractivity contribution in [3.05, 3.63) is 45.2 Å². The summed E-state index contributed by atoms with van der Waals surface area (Å²) in [6.07, 6.45) is -0.261. The first kappa shape index (κ1) is 20.8. The summed E-state index contributed by atoms with van der Waals surface area (Å²) in [6.45, 7) is 4.88. The topological polar surface area (TPSA) is 58.6 Å². The monoisotopic (exact) mass is 435 g/mol. The van der Waals surface area contributed by atoms with Gasteiger partial charge in [0.2, 0.25) is 0 Å². The molecule has 144 valence electrons. The smallest absolute Gasteiger partial charge is 0.407 e. The molecule has 0 saturated heterocycles. The van der Waals surface area contributed by atoms with E-state index in [1.54, 1.807) is 20.8 Å². The number of rotatable bonds is 3. The van der Waals surface area contributed by atoms with E-state index >= 15 is 0 Å². The number of benzene rings is 1. The lowest BCUT2D eigenvalue weighted by Gasteiger charge is -2.34. The first-order valence-electron chi connectivity index (χ1n) is 8.13. The minimum Gasteiger partial charge on any atom is -0.444 e. The first-order valence-corrected chi connectivity index (χ1v) is 8.92. The number of hydrogen-bond donors (Lipinski definition) is 2. The van der Waals surface area contributed by atoms with Crippen molar-refractivity contribution in [2.45, 2.75) is 51.2 Å². The summed E-state index contributed by atoms with van der Waals surface area (Å²) in [7, 11) is 0. The van der Waals surface area contributed by atoms with Gasteiger partial charge >= 0.3 is 6.09 Å². The Labute approximate surface area is 158 Å². The molecule has 2 atom stereocenters. The molecule has 1 aliphatic carbocycles. The number of allylic oxidation sites excluding steroid dienone is 1. The lowest BCUT2D eigenvalue weighted by atomic mass is 9.80. The summed E-state index contributed by atoms with van der Waals surface area (Å²) in [4.78, 5) is 12.1. The number of nitrogens with one attached hydrogen (secondary N) is 1. The lowest BCUT2D eigenvalue weighted by molar-refractivity contribution is 0.0492. The third-order valence-electron chi connectivity index (χ3n) is 4.07. The highest BCUT2D eigenvalue weighted by atomic mass is 79.9. The third kappa shape index (κ3) is 5.01. The van der Waals surface area contributed by atoms with Gasteiger partial charge < -0.3 is 15.2 Å². The number of halogens is 4. The molecular weight excluding hydrogens is 415 g/mol. The molecule has 1 aliphatic rings. The van der Waals surface area contributed by atoms with Gasteiger partial charge in [-0.3, -0.25) is 0 Å². The number of aliphatic hydroxyl groups excluding tert-OH is 1. The van der Waals surface area contributed by atoms with E-state index in [1.165, 1.54) is 0 Å². The number of aliphatic hydroxyl groups is 1. The normalized spacial score (nSPS) is 20.9. The standard InChI is InChI=1S/C18H21BrF3NO3/c1-18(2,3)26-17(25)23-16-4-9(8-24)12(19)5-11(16)10-6-14(21)15(22)7-13(10)20/h6-7,11,16,24H,4-5,8H2,1-3H3,(H,23,25). The van der Waals surface area contributed by atoms with Gasteiger partial charge in [-0.15, -0.1) is 0 Å². The highest BCUT2D eigenvalue weighted by Gasteiger charge is 2.34. The van der Waals surface area contributed by atoms with Crippen LogP contribution in [-0.2, 0) is 4.74 Å². The molecule has 2 N–H and O–H groups in total. The van der Waals surface area contributed by atoms with Crippen molar-refractivity contribution in [2.75, 3.05) is 6.61 Å². The summed E-state index contributed by atoms with van der Waals surface area (Å²) in [5.41, 5.74) is -0.123. The fraction of sp³-hybridized carbons (Fsp3) is 0.500. The van der Waals surface area contributed by atoms with Gasteiger partial charge in [0.1, 0.15) is 11.4 Å². The van der Waals surface area contributed by atoms with Gasteiger partial charge in [0.25, 0.3) is 0 Å². The number of alkyl carbamates (subject to hydrolysis) is 1. The predicted molar refractivity (Wildman–Crippen MR) is 94.5 cm³/mol. The van der Waals surface area contributed by atoms with Crippen LogP contribution in [0.25, 0.3) is 0 Å². The summed E-state index contributed by atoms with van der Waals surface area (Å²) in [6, 6.07) is 0.658. The molecule has 0 aromatic heterocycles. The maximum atomic E-state index is 14.3. The second-order valence-electron chi connectivity index (χ2n) is 7.22. The Hall–Kier alpha value is -1.54. The average molecular weight is 436 g/mol. The molecule has 0 aliphatic heterocycles. The molecule has 2 unspecified atom stereocenters. The Balaban J connectivity index is 2.36. The van der Waals surface area contributed by atoms with Gasteiger partial charge in [-0.25, -0.2) is 18.0 Å². The SMILES string of the molecule is CC(C)(C)OC(=O)NC1CC(CO)=C(Br)CC1c1cc(F)c(F)cc1F. The Kier molecular flexibility index (Phi) is 6.39. The molecule has 0 spiro atoms. The Morgan fingerprint density at radius 1 is 1.23 bits per heavy atom. The van der Waals surface area contributed by atoms with Crippen molar-refractivity contribution >= 4 is 22.0 Å². The number of ether oxygens (including phenoxy) is 1. The Bertz CT molecular complexity index is 731. The quantitative estimate of drug-likeness (QED) is 0.686. The van der Waals surface area contributed by atoms with Crippen molar-refractivity contribution in [1.29, 1.82) is 0 Å². The fourth-order valence-corrected chi connectivity index (χ4v) is 3.54. The molecule has 0 radical (unpaired) electrons. The third-order valence-corrected chi connectivity index (χ3v) is 4.95. The minimum absolute atomic E-state index is 0.0427. The van der Waals surface area contributed by atoms with E-state index in [0.29, 0.717) is 16.1 Å². The van der Waals surface area contributed by atoms with Crippen LogP contribution in [0.3, 0.4) is 0 Å². The molecule has 8 heteroatoms. The van der Waals surface area contributed by atoms with Gasteiger partial charge in [0, 0.05) is 18.0 Å². The van der Waals surface area contributed by atoms with Crippen molar-refractivity contribution in [3.63, 3.8) is 0 Å². The number of hydrogen-bond acceptors (Lipinski definition) is 3. The van der Waals surface area contributed by atoms with E-state index in [1.807, 2.05) is 0 Å². The molecule has 1 aromatic carbocycles.